The Morgan fingerprint density at radius 1 is 1.21 bits per heavy atom. The number of carbonyl (C=O) groups is 2. The molecule has 0 fully saturated rings. The first-order chi connectivity index (χ1) is 8.99. The smallest absolute Gasteiger partial charge is 0.253 e. The Labute approximate surface area is 114 Å². The zero-order chi connectivity index (χ0) is 14.4. The van der Waals surface area contributed by atoms with E-state index >= 15 is 0 Å². The van der Waals surface area contributed by atoms with Crippen LogP contribution in [0, 0.1) is 5.92 Å². The molecule has 4 nitrogen and oxygen atoms in total. The zero-order valence-corrected chi connectivity index (χ0v) is 12.1. The van der Waals surface area contributed by atoms with E-state index in [9.17, 15) is 9.59 Å². The van der Waals surface area contributed by atoms with E-state index in [1.54, 1.807) is 29.2 Å². The minimum Gasteiger partial charge on any atom is -0.339 e. The normalized spacial score (nSPS) is 10.4. The van der Waals surface area contributed by atoms with Gasteiger partial charge in [0.05, 0.1) is 0 Å². The lowest BCUT2D eigenvalue weighted by Gasteiger charge is -2.19. The lowest BCUT2D eigenvalue weighted by Crippen LogP contribution is -2.30. The SMILES string of the molecule is CCN(CC)C(=O)c1cccc(NC(=O)C(C)C)c1. The van der Waals surface area contributed by atoms with Crippen molar-refractivity contribution >= 4 is 17.5 Å². The van der Waals surface area contributed by atoms with Crippen molar-refractivity contribution in [1.29, 1.82) is 0 Å². The Morgan fingerprint density at radius 3 is 2.37 bits per heavy atom. The molecule has 0 aliphatic rings. The van der Waals surface area contributed by atoms with Crippen LogP contribution in [0.15, 0.2) is 24.3 Å². The van der Waals surface area contributed by atoms with Gasteiger partial charge in [-0.25, -0.2) is 0 Å². The molecule has 104 valence electrons. The van der Waals surface area contributed by atoms with E-state index in [0.29, 0.717) is 24.3 Å². The van der Waals surface area contributed by atoms with Crippen LogP contribution in [0.5, 0.6) is 0 Å². The highest BCUT2D eigenvalue weighted by Gasteiger charge is 2.13. The lowest BCUT2D eigenvalue weighted by molar-refractivity contribution is -0.118. The van der Waals surface area contributed by atoms with E-state index in [4.69, 9.17) is 0 Å². The molecule has 0 unspecified atom stereocenters. The van der Waals surface area contributed by atoms with Crippen LogP contribution >= 0.6 is 0 Å². The van der Waals surface area contributed by atoms with Gasteiger partial charge in [0.1, 0.15) is 0 Å². The molecule has 0 aliphatic heterocycles. The van der Waals surface area contributed by atoms with Crippen LogP contribution < -0.4 is 5.32 Å². The summed E-state index contributed by atoms with van der Waals surface area (Å²) in [6, 6.07) is 7.07. The fraction of sp³-hybridized carbons (Fsp3) is 0.467. The fourth-order valence-electron chi connectivity index (χ4n) is 1.71. The zero-order valence-electron chi connectivity index (χ0n) is 12.1. The summed E-state index contributed by atoms with van der Waals surface area (Å²) in [6.07, 6.45) is 0. The van der Waals surface area contributed by atoms with Crippen LogP contribution in [-0.4, -0.2) is 29.8 Å². The van der Waals surface area contributed by atoms with Crippen LogP contribution in [0.3, 0.4) is 0 Å². The molecule has 0 spiro atoms. The first-order valence-corrected chi connectivity index (χ1v) is 6.69. The molecule has 0 saturated carbocycles. The van der Waals surface area contributed by atoms with Crippen LogP contribution in [0.25, 0.3) is 0 Å². The minimum atomic E-state index is -0.0814. The molecule has 4 heteroatoms. The topological polar surface area (TPSA) is 49.4 Å². The highest BCUT2D eigenvalue weighted by atomic mass is 16.2. The Hall–Kier alpha value is -1.84. The number of hydrogen-bond donors (Lipinski definition) is 1. The second-order valence-electron chi connectivity index (χ2n) is 4.70. The minimum absolute atomic E-state index is 0.00866. The third kappa shape index (κ3) is 4.09. The number of nitrogens with zero attached hydrogens (tertiary/aromatic N) is 1. The van der Waals surface area contributed by atoms with Gasteiger partial charge >= 0.3 is 0 Å². The molecule has 1 N–H and O–H groups in total. The van der Waals surface area contributed by atoms with Crippen molar-refractivity contribution < 1.29 is 9.59 Å². The van der Waals surface area contributed by atoms with Crippen LogP contribution in [-0.2, 0) is 4.79 Å². The summed E-state index contributed by atoms with van der Waals surface area (Å²) in [6.45, 7) is 8.92. The first kappa shape index (κ1) is 15.2. The molecule has 2 amide bonds. The highest BCUT2D eigenvalue weighted by Crippen LogP contribution is 2.13. The molecule has 19 heavy (non-hydrogen) atoms. The third-order valence-electron chi connectivity index (χ3n) is 2.95. The van der Waals surface area contributed by atoms with E-state index in [1.165, 1.54) is 0 Å². The quantitative estimate of drug-likeness (QED) is 0.887. The van der Waals surface area contributed by atoms with E-state index in [-0.39, 0.29) is 17.7 Å². The maximum atomic E-state index is 12.2. The maximum absolute atomic E-state index is 12.2. The number of nitrogens with one attached hydrogen (secondary N) is 1. The summed E-state index contributed by atoms with van der Waals surface area (Å²) in [5, 5.41) is 2.80. The van der Waals surface area contributed by atoms with Gasteiger partial charge in [-0.15, -0.1) is 0 Å². The van der Waals surface area contributed by atoms with Crippen molar-refractivity contribution in [3.05, 3.63) is 29.8 Å². The maximum Gasteiger partial charge on any atom is 0.253 e. The fourth-order valence-corrected chi connectivity index (χ4v) is 1.71. The van der Waals surface area contributed by atoms with Crippen LogP contribution in [0.4, 0.5) is 5.69 Å². The molecule has 1 rings (SSSR count). The Balaban J connectivity index is 2.88. The molecule has 0 bridgehead atoms. The second kappa shape index (κ2) is 6.92. The van der Waals surface area contributed by atoms with Gasteiger partial charge < -0.3 is 10.2 Å². The van der Waals surface area contributed by atoms with Gasteiger partial charge in [0, 0.05) is 30.3 Å². The predicted molar refractivity (Wildman–Crippen MR) is 77.2 cm³/mol. The van der Waals surface area contributed by atoms with Gasteiger partial charge in [-0.3, -0.25) is 9.59 Å². The van der Waals surface area contributed by atoms with Crippen molar-refractivity contribution in [2.24, 2.45) is 5.92 Å². The molecule has 0 aliphatic carbocycles. The molecule has 0 saturated heterocycles. The molecule has 0 radical (unpaired) electrons. The molecule has 0 heterocycles. The van der Waals surface area contributed by atoms with Crippen molar-refractivity contribution in [1.82, 2.24) is 4.90 Å². The lowest BCUT2D eigenvalue weighted by atomic mass is 10.1. The third-order valence-corrected chi connectivity index (χ3v) is 2.95. The van der Waals surface area contributed by atoms with Gasteiger partial charge in [0.25, 0.3) is 5.91 Å². The van der Waals surface area contributed by atoms with Crippen molar-refractivity contribution in [3.63, 3.8) is 0 Å². The van der Waals surface area contributed by atoms with E-state index in [2.05, 4.69) is 5.32 Å². The monoisotopic (exact) mass is 262 g/mol. The van der Waals surface area contributed by atoms with E-state index < -0.39 is 0 Å². The predicted octanol–water partition coefficient (Wildman–Crippen LogP) is 2.76. The molecule has 1 aromatic rings. The summed E-state index contributed by atoms with van der Waals surface area (Å²) in [5.74, 6) is -0.139. The van der Waals surface area contributed by atoms with Gasteiger partial charge in [-0.2, -0.15) is 0 Å². The van der Waals surface area contributed by atoms with E-state index in [1.807, 2.05) is 27.7 Å². The van der Waals surface area contributed by atoms with Crippen molar-refractivity contribution in [2.75, 3.05) is 18.4 Å². The summed E-state index contributed by atoms with van der Waals surface area (Å²) in [7, 11) is 0. The molecule has 1 aromatic carbocycles. The Kier molecular flexibility index (Phi) is 5.55. The van der Waals surface area contributed by atoms with Gasteiger partial charge in [0.2, 0.25) is 5.91 Å². The molecular formula is C15H22N2O2. The van der Waals surface area contributed by atoms with Crippen LogP contribution in [0.2, 0.25) is 0 Å². The van der Waals surface area contributed by atoms with Gasteiger partial charge in [-0.1, -0.05) is 19.9 Å². The molecule has 0 atom stereocenters. The van der Waals surface area contributed by atoms with Crippen molar-refractivity contribution in [3.8, 4) is 0 Å². The summed E-state index contributed by atoms with van der Waals surface area (Å²) in [4.78, 5) is 25.6. The molecular weight excluding hydrogens is 240 g/mol. The average molecular weight is 262 g/mol. The Bertz CT molecular complexity index is 451. The van der Waals surface area contributed by atoms with Crippen molar-refractivity contribution in [2.45, 2.75) is 27.7 Å². The number of amides is 2. The number of benzene rings is 1. The van der Waals surface area contributed by atoms with Crippen LogP contribution in [0.1, 0.15) is 38.1 Å². The Morgan fingerprint density at radius 2 is 1.84 bits per heavy atom. The summed E-state index contributed by atoms with van der Waals surface area (Å²) < 4.78 is 0. The largest absolute Gasteiger partial charge is 0.339 e. The number of anilines is 1. The first-order valence-electron chi connectivity index (χ1n) is 6.69. The number of carbonyl (C=O) groups excluding carboxylic acids is 2. The number of hydrogen-bond acceptors (Lipinski definition) is 2. The summed E-state index contributed by atoms with van der Waals surface area (Å²) in [5.41, 5.74) is 1.27. The second-order valence-corrected chi connectivity index (χ2v) is 4.70. The molecule has 0 aromatic heterocycles. The van der Waals surface area contributed by atoms with E-state index in [0.717, 1.165) is 0 Å². The standard InChI is InChI=1S/C15H22N2O2/c1-5-17(6-2)15(19)12-8-7-9-13(10-12)16-14(18)11(3)4/h7-11H,5-6H2,1-4H3,(H,16,18). The number of rotatable bonds is 5. The summed E-state index contributed by atoms with van der Waals surface area (Å²) >= 11 is 0. The average Bonchev–Trinajstić information content (AvgIpc) is 2.40. The highest BCUT2D eigenvalue weighted by molar-refractivity contribution is 5.97. The van der Waals surface area contributed by atoms with Gasteiger partial charge in [0.15, 0.2) is 0 Å². The van der Waals surface area contributed by atoms with Gasteiger partial charge in [-0.05, 0) is 32.0 Å².